The molecule has 1 aromatic rings. The lowest BCUT2D eigenvalue weighted by Gasteiger charge is -2.10. The van der Waals surface area contributed by atoms with Crippen LogP contribution in [0.3, 0.4) is 0 Å². The van der Waals surface area contributed by atoms with Crippen molar-refractivity contribution >= 4 is 24.2 Å². The summed E-state index contributed by atoms with van der Waals surface area (Å²) in [7, 11) is -1.60. The van der Waals surface area contributed by atoms with Gasteiger partial charge in [-0.1, -0.05) is 17.7 Å². The fraction of sp³-hybridized carbons (Fsp3) is 0.250. The van der Waals surface area contributed by atoms with Crippen LogP contribution in [-0.4, -0.2) is 23.8 Å². The van der Waals surface area contributed by atoms with Gasteiger partial charge in [0.2, 0.25) is 0 Å². The van der Waals surface area contributed by atoms with Crippen molar-refractivity contribution in [3.8, 4) is 5.75 Å². The number of hydrogen-bond acceptors (Lipinski definition) is 3. The molecule has 0 aromatic heterocycles. The molecule has 0 spiro atoms. The average molecular weight is 200 g/mol. The van der Waals surface area contributed by atoms with E-state index in [4.69, 9.17) is 26.4 Å². The molecule has 2 N–H and O–H groups in total. The van der Waals surface area contributed by atoms with Gasteiger partial charge in [-0.05, 0) is 19.1 Å². The summed E-state index contributed by atoms with van der Waals surface area (Å²) >= 11 is 5.76. The van der Waals surface area contributed by atoms with Gasteiger partial charge in [-0.2, -0.15) is 0 Å². The Bertz CT molecular complexity index is 291. The minimum absolute atomic E-state index is 0.214. The topological polar surface area (TPSA) is 49.7 Å². The molecule has 70 valence electrons. The van der Waals surface area contributed by atoms with E-state index in [1.54, 1.807) is 18.2 Å². The Kier molecular flexibility index (Phi) is 3.60. The highest BCUT2D eigenvalue weighted by molar-refractivity contribution is 6.63. The Morgan fingerprint density at radius 2 is 2.15 bits per heavy atom. The summed E-state index contributed by atoms with van der Waals surface area (Å²) in [6, 6.07) is 4.92. The summed E-state index contributed by atoms with van der Waals surface area (Å²) in [4.78, 5) is 0. The van der Waals surface area contributed by atoms with E-state index in [2.05, 4.69) is 0 Å². The molecule has 0 unspecified atom stereocenters. The highest BCUT2D eigenvalue weighted by Gasteiger charge is 2.20. The number of halogens is 1. The van der Waals surface area contributed by atoms with Crippen LogP contribution in [0.1, 0.15) is 6.92 Å². The fourth-order valence-corrected chi connectivity index (χ4v) is 1.31. The van der Waals surface area contributed by atoms with E-state index in [1.165, 1.54) is 0 Å². The molecular weight excluding hydrogens is 190 g/mol. The molecule has 0 bridgehead atoms. The van der Waals surface area contributed by atoms with Crippen molar-refractivity contribution in [3.63, 3.8) is 0 Å². The van der Waals surface area contributed by atoms with Gasteiger partial charge in [-0.3, -0.25) is 0 Å². The van der Waals surface area contributed by atoms with Gasteiger partial charge in [0.05, 0.1) is 6.61 Å². The van der Waals surface area contributed by atoms with Crippen LogP contribution in [0.25, 0.3) is 0 Å². The van der Waals surface area contributed by atoms with Gasteiger partial charge < -0.3 is 14.8 Å². The van der Waals surface area contributed by atoms with Gasteiger partial charge in [0.15, 0.2) is 0 Å². The van der Waals surface area contributed by atoms with E-state index in [-0.39, 0.29) is 5.46 Å². The van der Waals surface area contributed by atoms with Crippen LogP contribution in [0.5, 0.6) is 5.75 Å². The molecule has 0 aliphatic heterocycles. The lowest BCUT2D eigenvalue weighted by atomic mass is 9.79. The zero-order chi connectivity index (χ0) is 9.84. The van der Waals surface area contributed by atoms with E-state index < -0.39 is 7.12 Å². The SMILES string of the molecule is CCOc1cccc(Cl)c1B(O)O. The standard InChI is InChI=1S/C8H10BClO3/c1-2-13-7-5-3-4-6(10)8(7)9(11)12/h3-5,11-12H,2H2,1H3. The van der Waals surface area contributed by atoms with Crippen LogP contribution in [0.2, 0.25) is 5.02 Å². The summed E-state index contributed by atoms with van der Waals surface area (Å²) in [5.74, 6) is 0.407. The van der Waals surface area contributed by atoms with Crippen LogP contribution in [-0.2, 0) is 0 Å². The van der Waals surface area contributed by atoms with E-state index in [1.807, 2.05) is 6.92 Å². The number of benzene rings is 1. The first-order valence-corrected chi connectivity index (χ1v) is 4.32. The Balaban J connectivity index is 3.10. The molecule has 0 heterocycles. The van der Waals surface area contributed by atoms with E-state index in [9.17, 15) is 0 Å². The third-order valence-corrected chi connectivity index (χ3v) is 1.90. The summed E-state index contributed by atoms with van der Waals surface area (Å²) in [6.07, 6.45) is 0. The van der Waals surface area contributed by atoms with Gasteiger partial charge in [-0.15, -0.1) is 0 Å². The quantitative estimate of drug-likeness (QED) is 0.695. The normalized spacial score (nSPS) is 9.85. The van der Waals surface area contributed by atoms with Crippen LogP contribution in [0, 0.1) is 0 Å². The molecule has 0 aliphatic carbocycles. The van der Waals surface area contributed by atoms with Crippen molar-refractivity contribution in [1.82, 2.24) is 0 Å². The second-order valence-electron chi connectivity index (χ2n) is 2.46. The van der Waals surface area contributed by atoms with Crippen LogP contribution in [0.15, 0.2) is 18.2 Å². The Morgan fingerprint density at radius 1 is 1.46 bits per heavy atom. The van der Waals surface area contributed by atoms with Crippen molar-refractivity contribution in [2.75, 3.05) is 6.61 Å². The zero-order valence-corrected chi connectivity index (χ0v) is 7.95. The fourth-order valence-electron chi connectivity index (χ4n) is 1.05. The molecule has 0 amide bonds. The second kappa shape index (κ2) is 4.51. The largest absolute Gasteiger partial charge is 0.494 e. The van der Waals surface area contributed by atoms with Gasteiger partial charge in [-0.25, -0.2) is 0 Å². The Morgan fingerprint density at radius 3 is 2.69 bits per heavy atom. The van der Waals surface area contributed by atoms with Crippen molar-refractivity contribution in [2.45, 2.75) is 6.92 Å². The van der Waals surface area contributed by atoms with Gasteiger partial charge in [0.1, 0.15) is 5.75 Å². The molecule has 3 nitrogen and oxygen atoms in total. The monoisotopic (exact) mass is 200 g/mol. The summed E-state index contributed by atoms with van der Waals surface area (Å²) in [5, 5.41) is 18.3. The maximum Gasteiger partial charge on any atom is 0.493 e. The van der Waals surface area contributed by atoms with Crippen molar-refractivity contribution in [2.24, 2.45) is 0 Å². The predicted octanol–water partition coefficient (Wildman–Crippen LogP) is 0.418. The Labute approximate surface area is 82.1 Å². The first-order chi connectivity index (χ1) is 6.16. The summed E-state index contributed by atoms with van der Waals surface area (Å²) in [5.41, 5.74) is 0.214. The Hall–Kier alpha value is -0.705. The molecule has 0 fully saturated rings. The van der Waals surface area contributed by atoms with Crippen molar-refractivity contribution in [1.29, 1.82) is 0 Å². The third-order valence-electron chi connectivity index (χ3n) is 1.57. The van der Waals surface area contributed by atoms with Crippen LogP contribution < -0.4 is 10.2 Å². The van der Waals surface area contributed by atoms with E-state index in [0.29, 0.717) is 17.4 Å². The van der Waals surface area contributed by atoms with Gasteiger partial charge in [0, 0.05) is 10.5 Å². The predicted molar refractivity (Wildman–Crippen MR) is 52.4 cm³/mol. The summed E-state index contributed by atoms with van der Waals surface area (Å²) < 4.78 is 5.17. The molecule has 1 aromatic carbocycles. The zero-order valence-electron chi connectivity index (χ0n) is 7.20. The first-order valence-electron chi connectivity index (χ1n) is 3.94. The molecule has 5 heteroatoms. The maximum atomic E-state index is 9.00. The van der Waals surface area contributed by atoms with Gasteiger partial charge >= 0.3 is 7.12 Å². The lowest BCUT2D eigenvalue weighted by molar-refractivity contribution is 0.340. The number of rotatable bonds is 3. The second-order valence-corrected chi connectivity index (χ2v) is 2.87. The highest BCUT2D eigenvalue weighted by atomic mass is 35.5. The highest BCUT2D eigenvalue weighted by Crippen LogP contribution is 2.15. The van der Waals surface area contributed by atoms with Crippen molar-refractivity contribution < 1.29 is 14.8 Å². The third kappa shape index (κ3) is 2.37. The minimum atomic E-state index is -1.60. The molecule has 1 rings (SSSR count). The van der Waals surface area contributed by atoms with E-state index in [0.717, 1.165) is 0 Å². The number of ether oxygens (including phenoxy) is 1. The van der Waals surface area contributed by atoms with Crippen molar-refractivity contribution in [3.05, 3.63) is 23.2 Å². The van der Waals surface area contributed by atoms with E-state index >= 15 is 0 Å². The molecule has 0 aliphatic rings. The minimum Gasteiger partial charge on any atom is -0.494 e. The smallest absolute Gasteiger partial charge is 0.493 e. The molecule has 0 saturated heterocycles. The molecule has 0 radical (unpaired) electrons. The average Bonchev–Trinajstić information content (AvgIpc) is 2.04. The van der Waals surface area contributed by atoms with Crippen LogP contribution >= 0.6 is 11.6 Å². The molecule has 0 atom stereocenters. The summed E-state index contributed by atoms with van der Waals surface area (Å²) in [6.45, 7) is 2.27. The molecule has 13 heavy (non-hydrogen) atoms. The lowest BCUT2D eigenvalue weighted by Crippen LogP contribution is -2.32. The molecular formula is C8H10BClO3. The van der Waals surface area contributed by atoms with Crippen LogP contribution in [0.4, 0.5) is 0 Å². The first kappa shape index (κ1) is 10.4. The van der Waals surface area contributed by atoms with Gasteiger partial charge in [0.25, 0.3) is 0 Å². The number of hydrogen-bond donors (Lipinski definition) is 2. The maximum absolute atomic E-state index is 9.00. The molecule has 0 saturated carbocycles.